The van der Waals surface area contributed by atoms with Crippen LogP contribution in [0.4, 0.5) is 16.2 Å². The zero-order chi connectivity index (χ0) is 17.3. The largest absolute Gasteiger partial charge is 0.348 e. The van der Waals surface area contributed by atoms with Crippen LogP contribution in [-0.4, -0.2) is 21.9 Å². The second-order valence-corrected chi connectivity index (χ2v) is 6.37. The fourth-order valence-electron chi connectivity index (χ4n) is 2.78. The first-order chi connectivity index (χ1) is 11.5. The Kier molecular flexibility index (Phi) is 4.66. The van der Waals surface area contributed by atoms with Gasteiger partial charge in [0.15, 0.2) is 11.6 Å². The van der Waals surface area contributed by atoms with Crippen molar-refractivity contribution in [3.63, 3.8) is 0 Å². The van der Waals surface area contributed by atoms with Gasteiger partial charge in [-0.25, -0.2) is 9.37 Å². The van der Waals surface area contributed by atoms with E-state index in [4.69, 9.17) is 11.6 Å². The van der Waals surface area contributed by atoms with Crippen molar-refractivity contribution in [1.82, 2.24) is 9.97 Å². The van der Waals surface area contributed by atoms with Gasteiger partial charge in [-0.05, 0) is 38.0 Å². The maximum atomic E-state index is 14.1. The number of carbonyl (C=O) groups is 1. The highest BCUT2D eigenvalue weighted by atomic mass is 35.5. The number of aromatic nitrogens is 2. The van der Waals surface area contributed by atoms with Crippen LogP contribution in [0.3, 0.4) is 0 Å². The highest BCUT2D eigenvalue weighted by Gasteiger charge is 2.32. The van der Waals surface area contributed by atoms with Crippen molar-refractivity contribution in [3.05, 3.63) is 46.9 Å². The predicted molar refractivity (Wildman–Crippen MR) is 91.7 cm³/mol. The van der Waals surface area contributed by atoms with E-state index in [2.05, 4.69) is 15.3 Å². The van der Waals surface area contributed by atoms with Crippen molar-refractivity contribution in [2.24, 2.45) is 0 Å². The zero-order valence-corrected chi connectivity index (χ0v) is 14.2. The molecule has 1 N–H and O–H groups in total. The van der Waals surface area contributed by atoms with Crippen LogP contribution in [0.25, 0.3) is 0 Å². The van der Waals surface area contributed by atoms with E-state index in [0.29, 0.717) is 17.9 Å². The van der Waals surface area contributed by atoms with Gasteiger partial charge in [-0.15, -0.1) is 0 Å². The first-order valence-corrected chi connectivity index (χ1v) is 8.20. The Hall–Kier alpha value is -2.21. The SMILES string of the molecule is CC1CCC(=O)N1c1nc(N[C@@H](C)c2ccc(Cl)cc2)ncc1F. The minimum atomic E-state index is -0.596. The van der Waals surface area contributed by atoms with Crippen LogP contribution < -0.4 is 10.2 Å². The summed E-state index contributed by atoms with van der Waals surface area (Å²) in [4.78, 5) is 21.6. The van der Waals surface area contributed by atoms with Gasteiger partial charge in [-0.3, -0.25) is 9.69 Å². The Labute approximate surface area is 144 Å². The lowest BCUT2D eigenvalue weighted by Crippen LogP contribution is -2.32. The molecule has 1 aliphatic rings. The summed E-state index contributed by atoms with van der Waals surface area (Å²) in [6.45, 7) is 3.83. The molecule has 1 fully saturated rings. The van der Waals surface area contributed by atoms with Crippen LogP contribution in [-0.2, 0) is 4.79 Å². The van der Waals surface area contributed by atoms with E-state index >= 15 is 0 Å². The summed E-state index contributed by atoms with van der Waals surface area (Å²) in [7, 11) is 0. The van der Waals surface area contributed by atoms with E-state index < -0.39 is 5.82 Å². The lowest BCUT2D eigenvalue weighted by molar-refractivity contribution is -0.117. The third kappa shape index (κ3) is 3.33. The van der Waals surface area contributed by atoms with Crippen molar-refractivity contribution in [3.8, 4) is 0 Å². The summed E-state index contributed by atoms with van der Waals surface area (Å²) in [5.74, 6) is -0.398. The summed E-state index contributed by atoms with van der Waals surface area (Å²) in [5, 5.41) is 3.79. The van der Waals surface area contributed by atoms with Crippen molar-refractivity contribution >= 4 is 29.3 Å². The van der Waals surface area contributed by atoms with Crippen LogP contribution >= 0.6 is 11.6 Å². The third-order valence-corrected chi connectivity index (χ3v) is 4.41. The van der Waals surface area contributed by atoms with Crippen LogP contribution in [0.15, 0.2) is 30.5 Å². The van der Waals surface area contributed by atoms with Crippen LogP contribution in [0.2, 0.25) is 5.02 Å². The van der Waals surface area contributed by atoms with E-state index in [-0.39, 0.29) is 29.8 Å². The number of carbonyl (C=O) groups excluding carboxylic acids is 1. The molecule has 1 aliphatic heterocycles. The van der Waals surface area contributed by atoms with Gasteiger partial charge in [0, 0.05) is 17.5 Å². The number of hydrogen-bond acceptors (Lipinski definition) is 4. The van der Waals surface area contributed by atoms with Crippen molar-refractivity contribution in [1.29, 1.82) is 0 Å². The molecule has 1 aromatic carbocycles. The Morgan fingerprint density at radius 3 is 2.71 bits per heavy atom. The van der Waals surface area contributed by atoms with Crippen LogP contribution in [0.5, 0.6) is 0 Å². The third-order valence-electron chi connectivity index (χ3n) is 4.15. The molecule has 5 nitrogen and oxygen atoms in total. The molecule has 2 atom stereocenters. The maximum absolute atomic E-state index is 14.1. The van der Waals surface area contributed by atoms with E-state index in [1.165, 1.54) is 4.90 Å². The molecule has 0 saturated carbocycles. The molecule has 1 saturated heterocycles. The Balaban J connectivity index is 1.83. The number of nitrogens with zero attached hydrogens (tertiary/aromatic N) is 3. The Morgan fingerprint density at radius 2 is 2.08 bits per heavy atom. The molecule has 126 valence electrons. The fourth-order valence-corrected chi connectivity index (χ4v) is 2.91. The lowest BCUT2D eigenvalue weighted by Gasteiger charge is -2.22. The minimum absolute atomic E-state index is 0.0332. The average Bonchev–Trinajstić information content (AvgIpc) is 2.89. The lowest BCUT2D eigenvalue weighted by atomic mass is 10.1. The molecule has 2 heterocycles. The summed E-state index contributed by atoms with van der Waals surface area (Å²) >= 11 is 5.89. The number of hydrogen-bond donors (Lipinski definition) is 1. The highest BCUT2D eigenvalue weighted by Crippen LogP contribution is 2.28. The smallest absolute Gasteiger partial charge is 0.228 e. The molecule has 1 unspecified atom stereocenters. The second-order valence-electron chi connectivity index (χ2n) is 5.93. The first kappa shape index (κ1) is 16.6. The number of amides is 1. The molecule has 1 aromatic heterocycles. The molecule has 0 aliphatic carbocycles. The van der Waals surface area contributed by atoms with E-state index in [9.17, 15) is 9.18 Å². The Bertz CT molecular complexity index is 753. The van der Waals surface area contributed by atoms with Gasteiger partial charge in [0.2, 0.25) is 11.9 Å². The maximum Gasteiger partial charge on any atom is 0.228 e. The number of anilines is 2. The van der Waals surface area contributed by atoms with Gasteiger partial charge in [-0.2, -0.15) is 4.98 Å². The minimum Gasteiger partial charge on any atom is -0.348 e. The molecule has 2 aromatic rings. The number of halogens is 2. The molecule has 24 heavy (non-hydrogen) atoms. The average molecular weight is 349 g/mol. The quantitative estimate of drug-likeness (QED) is 0.908. The number of rotatable bonds is 4. The number of benzene rings is 1. The normalized spacial score (nSPS) is 18.8. The van der Waals surface area contributed by atoms with E-state index in [1.54, 1.807) is 12.1 Å². The number of nitrogens with one attached hydrogen (secondary N) is 1. The Morgan fingerprint density at radius 1 is 1.38 bits per heavy atom. The highest BCUT2D eigenvalue weighted by molar-refractivity contribution is 6.30. The molecular formula is C17H18ClFN4O. The molecule has 0 spiro atoms. The van der Waals surface area contributed by atoms with Gasteiger partial charge in [0.05, 0.1) is 12.2 Å². The zero-order valence-electron chi connectivity index (χ0n) is 13.5. The fraction of sp³-hybridized carbons (Fsp3) is 0.353. The van der Waals surface area contributed by atoms with E-state index in [1.807, 2.05) is 26.0 Å². The topological polar surface area (TPSA) is 58.1 Å². The standard InChI is InChI=1S/C17H18ClFN4O/c1-10-3-8-15(24)23(10)16-14(19)9-20-17(22-16)21-11(2)12-4-6-13(18)7-5-12/h4-7,9-11H,3,8H2,1-2H3,(H,20,21,22)/t10?,11-/m0/s1. The first-order valence-electron chi connectivity index (χ1n) is 7.82. The molecular weight excluding hydrogens is 331 g/mol. The van der Waals surface area contributed by atoms with Crippen LogP contribution in [0.1, 0.15) is 38.3 Å². The predicted octanol–water partition coefficient (Wildman–Crippen LogP) is 3.96. The molecule has 7 heteroatoms. The van der Waals surface area contributed by atoms with Gasteiger partial charge in [0.1, 0.15) is 0 Å². The molecule has 0 bridgehead atoms. The van der Waals surface area contributed by atoms with E-state index in [0.717, 1.165) is 11.8 Å². The monoisotopic (exact) mass is 348 g/mol. The van der Waals surface area contributed by atoms with Gasteiger partial charge < -0.3 is 5.32 Å². The molecule has 3 rings (SSSR count). The summed E-state index contributed by atoms with van der Waals surface area (Å²) in [6, 6.07) is 7.25. The second kappa shape index (κ2) is 6.73. The molecule has 1 amide bonds. The van der Waals surface area contributed by atoms with Gasteiger partial charge in [0.25, 0.3) is 0 Å². The van der Waals surface area contributed by atoms with Gasteiger partial charge >= 0.3 is 0 Å². The van der Waals surface area contributed by atoms with Crippen molar-refractivity contribution in [2.75, 3.05) is 10.2 Å². The molecule has 0 radical (unpaired) electrons. The summed E-state index contributed by atoms with van der Waals surface area (Å²) < 4.78 is 14.1. The van der Waals surface area contributed by atoms with Crippen molar-refractivity contribution < 1.29 is 9.18 Å². The van der Waals surface area contributed by atoms with Crippen LogP contribution in [0, 0.1) is 5.82 Å². The summed E-state index contributed by atoms with van der Waals surface area (Å²) in [6.07, 6.45) is 2.21. The van der Waals surface area contributed by atoms with Gasteiger partial charge in [-0.1, -0.05) is 23.7 Å². The summed E-state index contributed by atoms with van der Waals surface area (Å²) in [5.41, 5.74) is 1.000. The van der Waals surface area contributed by atoms with Crippen molar-refractivity contribution in [2.45, 2.75) is 38.8 Å².